The van der Waals surface area contributed by atoms with Crippen molar-refractivity contribution in [2.75, 3.05) is 11.9 Å². The van der Waals surface area contributed by atoms with Gasteiger partial charge in [0.1, 0.15) is 0 Å². The van der Waals surface area contributed by atoms with Crippen LogP contribution in [0.3, 0.4) is 0 Å². The van der Waals surface area contributed by atoms with Gasteiger partial charge in [-0.2, -0.15) is 13.2 Å². The van der Waals surface area contributed by atoms with Gasteiger partial charge in [0.05, 0.1) is 18.6 Å². The fourth-order valence-corrected chi connectivity index (χ4v) is 2.12. The number of nitrogens with one attached hydrogen (secondary N) is 1. The molecule has 2 rings (SSSR count). The van der Waals surface area contributed by atoms with Crippen LogP contribution in [0.15, 0.2) is 48.5 Å². The Kier molecular flexibility index (Phi) is 5.80. The molecule has 0 saturated carbocycles. The predicted molar refractivity (Wildman–Crippen MR) is 86.2 cm³/mol. The summed E-state index contributed by atoms with van der Waals surface area (Å²) >= 11 is 0. The van der Waals surface area contributed by atoms with Crippen molar-refractivity contribution in [1.29, 1.82) is 0 Å². The maximum Gasteiger partial charge on any atom is 0.416 e. The number of carbonyl (C=O) groups is 2. The van der Waals surface area contributed by atoms with Gasteiger partial charge in [0.15, 0.2) is 0 Å². The Balaban J connectivity index is 2.05. The van der Waals surface area contributed by atoms with E-state index in [9.17, 15) is 22.8 Å². The molecule has 0 fully saturated rings. The first-order chi connectivity index (χ1) is 11.8. The van der Waals surface area contributed by atoms with E-state index in [0.717, 1.165) is 12.1 Å². The topological polar surface area (TPSA) is 55.4 Å². The molecule has 0 aliphatic carbocycles. The van der Waals surface area contributed by atoms with E-state index in [0.29, 0.717) is 17.9 Å². The number of rotatable bonds is 5. The molecule has 7 heteroatoms. The van der Waals surface area contributed by atoms with Gasteiger partial charge in [0.25, 0.3) is 5.91 Å². The molecule has 0 saturated heterocycles. The molecule has 4 nitrogen and oxygen atoms in total. The van der Waals surface area contributed by atoms with E-state index in [1.165, 1.54) is 12.1 Å². The quantitative estimate of drug-likeness (QED) is 0.827. The zero-order valence-corrected chi connectivity index (χ0v) is 13.4. The van der Waals surface area contributed by atoms with E-state index in [1.807, 2.05) is 0 Å². The molecule has 0 radical (unpaired) electrons. The Hall–Kier alpha value is -2.83. The molecule has 1 amide bonds. The summed E-state index contributed by atoms with van der Waals surface area (Å²) in [6, 6.07) is 10.6. The lowest BCUT2D eigenvalue weighted by Gasteiger charge is -2.10. The van der Waals surface area contributed by atoms with Gasteiger partial charge in [-0.3, -0.25) is 9.59 Å². The summed E-state index contributed by atoms with van der Waals surface area (Å²) in [5.74, 6) is -1.01. The third kappa shape index (κ3) is 5.34. The lowest BCUT2D eigenvalue weighted by Crippen LogP contribution is -2.14. The molecule has 0 aliphatic rings. The maximum absolute atomic E-state index is 12.7. The Morgan fingerprint density at radius 2 is 1.76 bits per heavy atom. The van der Waals surface area contributed by atoms with E-state index in [4.69, 9.17) is 4.74 Å². The number of halogens is 3. The minimum atomic E-state index is -4.51. The minimum Gasteiger partial charge on any atom is -0.466 e. The number of hydrogen-bond acceptors (Lipinski definition) is 3. The molecule has 0 aliphatic heterocycles. The number of anilines is 1. The van der Waals surface area contributed by atoms with Crippen molar-refractivity contribution < 1.29 is 27.5 Å². The molecule has 132 valence electrons. The molecular weight excluding hydrogens is 335 g/mol. The molecular formula is C18H16F3NO3. The number of carbonyl (C=O) groups excluding carboxylic acids is 2. The van der Waals surface area contributed by atoms with Crippen molar-refractivity contribution in [3.63, 3.8) is 0 Å². The molecule has 0 aromatic heterocycles. The zero-order chi connectivity index (χ0) is 18.4. The average molecular weight is 351 g/mol. The standard InChI is InChI=1S/C18H16F3NO3/c1-2-25-16(23)10-12-6-8-15(9-7-12)22-17(24)13-4-3-5-14(11-13)18(19,20)21/h3-9,11H,2,10H2,1H3,(H,22,24). The highest BCUT2D eigenvalue weighted by Gasteiger charge is 2.30. The van der Waals surface area contributed by atoms with Crippen molar-refractivity contribution in [2.45, 2.75) is 19.5 Å². The van der Waals surface area contributed by atoms with Gasteiger partial charge in [0.2, 0.25) is 0 Å². The Morgan fingerprint density at radius 1 is 1.08 bits per heavy atom. The zero-order valence-electron chi connectivity index (χ0n) is 13.4. The monoisotopic (exact) mass is 351 g/mol. The van der Waals surface area contributed by atoms with Gasteiger partial charge in [-0.1, -0.05) is 18.2 Å². The van der Waals surface area contributed by atoms with Crippen LogP contribution in [0.4, 0.5) is 18.9 Å². The summed E-state index contributed by atoms with van der Waals surface area (Å²) < 4.78 is 42.9. The van der Waals surface area contributed by atoms with Crippen LogP contribution >= 0.6 is 0 Å². The van der Waals surface area contributed by atoms with Crippen molar-refractivity contribution in [3.05, 3.63) is 65.2 Å². The highest BCUT2D eigenvalue weighted by atomic mass is 19.4. The number of alkyl halides is 3. The minimum absolute atomic E-state index is 0.0922. The summed E-state index contributed by atoms with van der Waals surface area (Å²) in [7, 11) is 0. The molecule has 0 bridgehead atoms. The van der Waals surface area contributed by atoms with E-state index in [2.05, 4.69) is 5.32 Å². The third-order valence-corrected chi connectivity index (χ3v) is 3.32. The first kappa shape index (κ1) is 18.5. The van der Waals surface area contributed by atoms with Gasteiger partial charge in [0, 0.05) is 11.3 Å². The van der Waals surface area contributed by atoms with Crippen molar-refractivity contribution in [3.8, 4) is 0 Å². The second kappa shape index (κ2) is 7.83. The van der Waals surface area contributed by atoms with Crippen LogP contribution in [0, 0.1) is 0 Å². The smallest absolute Gasteiger partial charge is 0.416 e. The Morgan fingerprint density at radius 3 is 2.36 bits per heavy atom. The fourth-order valence-electron chi connectivity index (χ4n) is 2.12. The summed E-state index contributed by atoms with van der Waals surface area (Å²) in [4.78, 5) is 23.5. The van der Waals surface area contributed by atoms with Crippen LogP contribution in [0.2, 0.25) is 0 Å². The largest absolute Gasteiger partial charge is 0.466 e. The van der Waals surface area contributed by atoms with Crippen molar-refractivity contribution in [2.24, 2.45) is 0 Å². The number of hydrogen-bond donors (Lipinski definition) is 1. The van der Waals surface area contributed by atoms with Gasteiger partial charge in [-0.05, 0) is 42.8 Å². The molecule has 25 heavy (non-hydrogen) atoms. The van der Waals surface area contributed by atoms with Gasteiger partial charge in [-0.25, -0.2) is 0 Å². The van der Waals surface area contributed by atoms with Gasteiger partial charge < -0.3 is 10.1 Å². The number of esters is 1. The second-order valence-corrected chi connectivity index (χ2v) is 5.21. The van der Waals surface area contributed by atoms with Gasteiger partial charge >= 0.3 is 12.1 Å². The van der Waals surface area contributed by atoms with Gasteiger partial charge in [-0.15, -0.1) is 0 Å². The first-order valence-electron chi connectivity index (χ1n) is 7.52. The number of benzene rings is 2. The number of amides is 1. The Labute approximate surface area is 142 Å². The summed E-state index contributed by atoms with van der Waals surface area (Å²) in [5.41, 5.74) is 0.140. The van der Waals surface area contributed by atoms with Crippen LogP contribution in [0.5, 0.6) is 0 Å². The molecule has 2 aromatic carbocycles. The molecule has 1 N–H and O–H groups in total. The molecule has 0 spiro atoms. The Bertz CT molecular complexity index is 755. The van der Waals surface area contributed by atoms with E-state index >= 15 is 0 Å². The van der Waals surface area contributed by atoms with Crippen LogP contribution in [-0.2, 0) is 22.1 Å². The molecule has 0 heterocycles. The lowest BCUT2D eigenvalue weighted by molar-refractivity contribution is -0.142. The van der Waals surface area contributed by atoms with Crippen LogP contribution in [0.1, 0.15) is 28.4 Å². The van der Waals surface area contributed by atoms with Crippen LogP contribution in [0.25, 0.3) is 0 Å². The molecule has 2 aromatic rings. The molecule has 0 unspecified atom stereocenters. The number of ether oxygens (including phenoxy) is 1. The normalized spacial score (nSPS) is 11.0. The average Bonchev–Trinajstić information content (AvgIpc) is 2.56. The summed E-state index contributed by atoms with van der Waals surface area (Å²) in [6.45, 7) is 2.01. The van der Waals surface area contributed by atoms with Crippen LogP contribution < -0.4 is 5.32 Å². The first-order valence-corrected chi connectivity index (χ1v) is 7.52. The van der Waals surface area contributed by atoms with E-state index in [1.54, 1.807) is 31.2 Å². The highest BCUT2D eigenvalue weighted by Crippen LogP contribution is 2.29. The maximum atomic E-state index is 12.7. The predicted octanol–water partition coefficient (Wildman–Crippen LogP) is 4.06. The van der Waals surface area contributed by atoms with Crippen LogP contribution in [-0.4, -0.2) is 18.5 Å². The highest BCUT2D eigenvalue weighted by molar-refractivity contribution is 6.04. The summed E-state index contributed by atoms with van der Waals surface area (Å²) in [5, 5.41) is 2.52. The fraction of sp³-hybridized carbons (Fsp3) is 0.222. The SMILES string of the molecule is CCOC(=O)Cc1ccc(NC(=O)c2cccc(C(F)(F)F)c2)cc1. The van der Waals surface area contributed by atoms with Crippen molar-refractivity contribution >= 4 is 17.6 Å². The van der Waals surface area contributed by atoms with E-state index < -0.39 is 17.6 Å². The molecule has 0 atom stereocenters. The van der Waals surface area contributed by atoms with Crippen molar-refractivity contribution in [1.82, 2.24) is 0 Å². The second-order valence-electron chi connectivity index (χ2n) is 5.21. The lowest BCUT2D eigenvalue weighted by atomic mass is 10.1. The van der Waals surface area contributed by atoms with E-state index in [-0.39, 0.29) is 18.0 Å². The summed E-state index contributed by atoms with van der Waals surface area (Å²) in [6.07, 6.45) is -4.40. The third-order valence-electron chi connectivity index (χ3n) is 3.32.